The van der Waals surface area contributed by atoms with Crippen LogP contribution < -0.4 is 15.0 Å². The second kappa shape index (κ2) is 5.78. The predicted molar refractivity (Wildman–Crippen MR) is 74.4 cm³/mol. The van der Waals surface area contributed by atoms with Crippen LogP contribution in [0.4, 0.5) is 10.1 Å². The molecule has 1 heterocycles. The molecule has 1 aromatic rings. The zero-order chi connectivity index (χ0) is 13.1. The first kappa shape index (κ1) is 12.7. The number of nitrogens with zero attached hydrogens (tertiary/aromatic N) is 1. The topological polar surface area (TPSA) is 24.5 Å². The minimum absolute atomic E-state index is 0.188. The number of rotatable bonds is 3. The molecule has 0 atom stereocenters. The molecule has 1 aliphatic carbocycles. The zero-order valence-corrected chi connectivity index (χ0v) is 11.2. The predicted octanol–water partition coefficient (Wildman–Crippen LogP) is 2.56. The zero-order valence-electron chi connectivity index (χ0n) is 11.2. The molecule has 0 spiro atoms. The van der Waals surface area contributed by atoms with Gasteiger partial charge >= 0.3 is 0 Å². The lowest BCUT2D eigenvalue weighted by molar-refractivity contribution is 0.210. The third-order valence-electron chi connectivity index (χ3n) is 3.97. The van der Waals surface area contributed by atoms with E-state index in [2.05, 4.69) is 10.2 Å². The van der Waals surface area contributed by atoms with Gasteiger partial charge in [-0.3, -0.25) is 0 Å². The van der Waals surface area contributed by atoms with E-state index in [9.17, 15) is 4.39 Å². The van der Waals surface area contributed by atoms with E-state index in [-0.39, 0.29) is 5.82 Å². The van der Waals surface area contributed by atoms with Gasteiger partial charge in [0.2, 0.25) is 0 Å². The Bertz CT molecular complexity index is 426. The molecule has 1 aromatic carbocycles. The fraction of sp³-hybridized carbons (Fsp3) is 0.600. The van der Waals surface area contributed by atoms with Crippen molar-refractivity contribution in [3.05, 3.63) is 24.0 Å². The summed E-state index contributed by atoms with van der Waals surface area (Å²) in [5.74, 6) is 0.655. The molecule has 0 aromatic heterocycles. The van der Waals surface area contributed by atoms with Crippen LogP contribution in [0.1, 0.15) is 25.7 Å². The number of ether oxygens (including phenoxy) is 1. The van der Waals surface area contributed by atoms with E-state index >= 15 is 0 Å². The van der Waals surface area contributed by atoms with Crippen molar-refractivity contribution in [1.29, 1.82) is 0 Å². The van der Waals surface area contributed by atoms with E-state index in [4.69, 9.17) is 4.74 Å². The van der Waals surface area contributed by atoms with Crippen LogP contribution in [0.2, 0.25) is 0 Å². The van der Waals surface area contributed by atoms with Crippen LogP contribution in [0, 0.1) is 5.82 Å². The minimum atomic E-state index is -0.188. The van der Waals surface area contributed by atoms with Crippen molar-refractivity contribution < 1.29 is 9.13 Å². The number of benzene rings is 1. The van der Waals surface area contributed by atoms with E-state index in [0.717, 1.165) is 50.5 Å². The Morgan fingerprint density at radius 1 is 1.16 bits per heavy atom. The molecule has 1 saturated heterocycles. The Morgan fingerprint density at radius 3 is 2.63 bits per heavy atom. The monoisotopic (exact) mass is 264 g/mol. The average molecular weight is 264 g/mol. The summed E-state index contributed by atoms with van der Waals surface area (Å²) in [5.41, 5.74) is 0.911. The van der Waals surface area contributed by atoms with E-state index in [1.807, 2.05) is 0 Å². The van der Waals surface area contributed by atoms with Crippen molar-refractivity contribution in [3.63, 3.8) is 0 Å². The Balaban J connectivity index is 1.80. The molecule has 0 radical (unpaired) electrons. The van der Waals surface area contributed by atoms with Crippen LogP contribution in [0.25, 0.3) is 0 Å². The van der Waals surface area contributed by atoms with Gasteiger partial charge in [0.25, 0.3) is 0 Å². The maximum atomic E-state index is 13.5. The van der Waals surface area contributed by atoms with Gasteiger partial charge in [-0.2, -0.15) is 0 Å². The Kier molecular flexibility index (Phi) is 3.87. The van der Waals surface area contributed by atoms with Crippen molar-refractivity contribution in [1.82, 2.24) is 5.32 Å². The molecule has 0 amide bonds. The highest BCUT2D eigenvalue weighted by Crippen LogP contribution is 2.33. The van der Waals surface area contributed by atoms with Gasteiger partial charge in [-0.05, 0) is 37.8 Å². The van der Waals surface area contributed by atoms with E-state index < -0.39 is 0 Å². The minimum Gasteiger partial charge on any atom is -0.488 e. The summed E-state index contributed by atoms with van der Waals surface area (Å²) in [6.07, 6.45) is 5.05. The van der Waals surface area contributed by atoms with Crippen LogP contribution >= 0.6 is 0 Å². The smallest absolute Gasteiger partial charge is 0.143 e. The lowest BCUT2D eigenvalue weighted by atomic mass is 10.2. The SMILES string of the molecule is Fc1ccc(OC2CCCC2)c(N2CCNCC2)c1. The molecule has 3 rings (SSSR count). The summed E-state index contributed by atoms with van der Waals surface area (Å²) in [5, 5.41) is 3.32. The first-order valence-corrected chi connectivity index (χ1v) is 7.25. The Morgan fingerprint density at radius 2 is 1.89 bits per heavy atom. The van der Waals surface area contributed by atoms with Crippen molar-refractivity contribution in [2.24, 2.45) is 0 Å². The van der Waals surface area contributed by atoms with Gasteiger partial charge in [0.1, 0.15) is 11.6 Å². The number of halogens is 1. The summed E-state index contributed by atoms with van der Waals surface area (Å²) < 4.78 is 19.6. The highest BCUT2D eigenvalue weighted by molar-refractivity contribution is 5.59. The first-order chi connectivity index (χ1) is 9.33. The van der Waals surface area contributed by atoms with E-state index in [0.29, 0.717) is 6.10 Å². The molecular weight excluding hydrogens is 243 g/mol. The summed E-state index contributed by atoms with van der Waals surface area (Å²) in [6.45, 7) is 3.70. The summed E-state index contributed by atoms with van der Waals surface area (Å²) in [6, 6.07) is 4.89. The molecular formula is C15H21FN2O. The summed E-state index contributed by atoms with van der Waals surface area (Å²) >= 11 is 0. The van der Waals surface area contributed by atoms with Gasteiger partial charge in [0, 0.05) is 32.2 Å². The first-order valence-electron chi connectivity index (χ1n) is 7.25. The molecule has 0 bridgehead atoms. The quantitative estimate of drug-likeness (QED) is 0.908. The van der Waals surface area contributed by atoms with Gasteiger partial charge in [-0.25, -0.2) is 4.39 Å². The molecule has 4 heteroatoms. The molecule has 1 N–H and O–H groups in total. The number of anilines is 1. The third kappa shape index (κ3) is 3.00. The van der Waals surface area contributed by atoms with Crippen LogP contribution in [0.15, 0.2) is 18.2 Å². The highest BCUT2D eigenvalue weighted by Gasteiger charge is 2.21. The maximum Gasteiger partial charge on any atom is 0.143 e. The molecule has 3 nitrogen and oxygen atoms in total. The average Bonchev–Trinajstić information content (AvgIpc) is 2.95. The van der Waals surface area contributed by atoms with Crippen LogP contribution in [0.3, 0.4) is 0 Å². The third-order valence-corrected chi connectivity index (χ3v) is 3.97. The number of piperazine rings is 1. The van der Waals surface area contributed by atoms with E-state index in [1.165, 1.54) is 18.9 Å². The van der Waals surface area contributed by atoms with E-state index in [1.54, 1.807) is 12.1 Å². The van der Waals surface area contributed by atoms with Gasteiger partial charge in [-0.1, -0.05) is 0 Å². The van der Waals surface area contributed by atoms with Gasteiger partial charge in [-0.15, -0.1) is 0 Å². The lowest BCUT2D eigenvalue weighted by Crippen LogP contribution is -2.43. The highest BCUT2D eigenvalue weighted by atomic mass is 19.1. The summed E-state index contributed by atoms with van der Waals surface area (Å²) in [7, 11) is 0. The van der Waals surface area contributed by atoms with Gasteiger partial charge < -0.3 is 15.0 Å². The fourth-order valence-corrected chi connectivity index (χ4v) is 2.93. The van der Waals surface area contributed by atoms with Crippen LogP contribution in [0.5, 0.6) is 5.75 Å². The molecule has 19 heavy (non-hydrogen) atoms. The fourth-order valence-electron chi connectivity index (χ4n) is 2.93. The molecule has 2 fully saturated rings. The van der Waals surface area contributed by atoms with Crippen molar-refractivity contribution >= 4 is 5.69 Å². The Hall–Kier alpha value is -1.29. The molecule has 1 aliphatic heterocycles. The van der Waals surface area contributed by atoms with Crippen LogP contribution in [-0.2, 0) is 0 Å². The maximum absolute atomic E-state index is 13.5. The lowest BCUT2D eigenvalue weighted by Gasteiger charge is -2.31. The normalized spacial score (nSPS) is 20.8. The van der Waals surface area contributed by atoms with Gasteiger partial charge in [0.15, 0.2) is 0 Å². The number of nitrogens with one attached hydrogen (secondary N) is 1. The number of hydrogen-bond acceptors (Lipinski definition) is 3. The standard InChI is InChI=1S/C15H21FN2O/c16-12-5-6-15(19-13-3-1-2-4-13)14(11-12)18-9-7-17-8-10-18/h5-6,11,13,17H,1-4,7-10H2. The largest absolute Gasteiger partial charge is 0.488 e. The Labute approximate surface area is 113 Å². The summed E-state index contributed by atoms with van der Waals surface area (Å²) in [4.78, 5) is 2.21. The second-order valence-electron chi connectivity index (χ2n) is 5.37. The second-order valence-corrected chi connectivity index (χ2v) is 5.37. The van der Waals surface area contributed by atoms with Crippen LogP contribution in [-0.4, -0.2) is 32.3 Å². The molecule has 2 aliphatic rings. The molecule has 104 valence electrons. The van der Waals surface area contributed by atoms with Crippen molar-refractivity contribution in [3.8, 4) is 5.75 Å². The number of hydrogen-bond donors (Lipinski definition) is 1. The van der Waals surface area contributed by atoms with Crippen molar-refractivity contribution in [2.75, 3.05) is 31.1 Å². The van der Waals surface area contributed by atoms with Crippen molar-refractivity contribution in [2.45, 2.75) is 31.8 Å². The molecule has 0 unspecified atom stereocenters. The molecule has 1 saturated carbocycles. The van der Waals surface area contributed by atoms with Gasteiger partial charge in [0.05, 0.1) is 11.8 Å².